The van der Waals surface area contributed by atoms with Gasteiger partial charge in [-0.05, 0) is 25.2 Å². The summed E-state index contributed by atoms with van der Waals surface area (Å²) in [5, 5.41) is 11.2. The Bertz CT molecular complexity index is 749. The van der Waals surface area contributed by atoms with Gasteiger partial charge < -0.3 is 9.72 Å². The zero-order valence-electron chi connectivity index (χ0n) is 13.3. The van der Waals surface area contributed by atoms with Gasteiger partial charge in [0.15, 0.2) is 5.75 Å². The lowest BCUT2D eigenvalue weighted by Gasteiger charge is -2.17. The molecule has 0 bridgehead atoms. The van der Waals surface area contributed by atoms with Crippen LogP contribution in [0.3, 0.4) is 0 Å². The molecule has 0 saturated heterocycles. The highest BCUT2D eigenvalue weighted by atomic mass is 32.1. The topological polar surface area (TPSA) is 88.5 Å². The van der Waals surface area contributed by atoms with Crippen LogP contribution >= 0.6 is 11.3 Å². The fourth-order valence-corrected chi connectivity index (χ4v) is 3.24. The van der Waals surface area contributed by atoms with E-state index >= 15 is 0 Å². The molecule has 0 aliphatic rings. The van der Waals surface area contributed by atoms with Crippen LogP contribution in [0, 0.1) is 10.1 Å². The Balaban J connectivity index is 2.48. The Morgan fingerprint density at radius 1 is 1.35 bits per heavy atom. The Morgan fingerprint density at radius 3 is 2.61 bits per heavy atom. The summed E-state index contributed by atoms with van der Waals surface area (Å²) >= 11 is 1.14. The predicted octanol–water partition coefficient (Wildman–Crippen LogP) is 2.86. The lowest BCUT2D eigenvalue weighted by atomic mass is 10.1. The number of H-pyrrole nitrogens is 1. The highest BCUT2D eigenvalue weighted by Gasteiger charge is 2.19. The second kappa shape index (κ2) is 7.38. The van der Waals surface area contributed by atoms with Gasteiger partial charge in [-0.1, -0.05) is 25.2 Å². The minimum atomic E-state index is -0.489. The summed E-state index contributed by atoms with van der Waals surface area (Å²) < 4.78 is 5.01. The Hall–Kier alpha value is -2.19. The molecule has 2 rings (SSSR count). The third kappa shape index (κ3) is 3.77. The van der Waals surface area contributed by atoms with Gasteiger partial charge in [-0.2, -0.15) is 0 Å². The monoisotopic (exact) mass is 337 g/mol. The summed E-state index contributed by atoms with van der Waals surface area (Å²) in [6.45, 7) is 6.47. The molecule has 1 aromatic carbocycles. The third-order valence-electron chi connectivity index (χ3n) is 3.65. The molecule has 0 unspecified atom stereocenters. The molecule has 0 amide bonds. The van der Waals surface area contributed by atoms with Crippen LogP contribution in [0.1, 0.15) is 18.7 Å². The van der Waals surface area contributed by atoms with E-state index in [0.29, 0.717) is 17.8 Å². The minimum Gasteiger partial charge on any atom is -0.490 e. The number of nitro groups is 1. The standard InChI is InChI=1S/C15H19N3O4S/c1-4-17(5-2)9-13-14(16-15(19)23-13)10-6-7-12(22-3)11(8-10)18(20)21/h6-8H,4-5,9H2,1-3H3,(H,16,19). The van der Waals surface area contributed by atoms with E-state index in [1.54, 1.807) is 12.1 Å². The van der Waals surface area contributed by atoms with Crippen molar-refractivity contribution < 1.29 is 9.66 Å². The molecule has 0 saturated carbocycles. The molecule has 7 nitrogen and oxygen atoms in total. The van der Waals surface area contributed by atoms with E-state index in [4.69, 9.17) is 4.74 Å². The van der Waals surface area contributed by atoms with E-state index in [1.165, 1.54) is 13.2 Å². The average Bonchev–Trinajstić information content (AvgIpc) is 2.92. The SMILES string of the molecule is CCN(CC)Cc1sc(=O)[nH]c1-c1ccc(OC)c([N+](=O)[O-])c1. The number of aromatic amines is 1. The van der Waals surface area contributed by atoms with Crippen LogP contribution in [-0.2, 0) is 6.54 Å². The molecule has 124 valence electrons. The van der Waals surface area contributed by atoms with E-state index in [1.807, 2.05) is 0 Å². The Kier molecular flexibility index (Phi) is 5.51. The van der Waals surface area contributed by atoms with Gasteiger partial charge in [0.25, 0.3) is 0 Å². The molecular weight excluding hydrogens is 318 g/mol. The largest absolute Gasteiger partial charge is 0.490 e. The first kappa shape index (κ1) is 17.2. The summed E-state index contributed by atoms with van der Waals surface area (Å²) in [6, 6.07) is 4.70. The van der Waals surface area contributed by atoms with E-state index in [9.17, 15) is 14.9 Å². The number of nitro benzene ring substituents is 1. The quantitative estimate of drug-likeness (QED) is 0.620. The maximum Gasteiger partial charge on any atom is 0.311 e. The first-order valence-corrected chi connectivity index (χ1v) is 8.08. The summed E-state index contributed by atoms with van der Waals surface area (Å²) in [6.07, 6.45) is 0. The van der Waals surface area contributed by atoms with Crippen molar-refractivity contribution in [1.82, 2.24) is 9.88 Å². The molecule has 0 radical (unpaired) electrons. The second-order valence-electron chi connectivity index (χ2n) is 4.92. The van der Waals surface area contributed by atoms with Crippen molar-refractivity contribution in [2.45, 2.75) is 20.4 Å². The molecule has 0 spiro atoms. The van der Waals surface area contributed by atoms with Gasteiger partial charge >= 0.3 is 10.6 Å². The Morgan fingerprint density at radius 2 is 2.04 bits per heavy atom. The molecule has 23 heavy (non-hydrogen) atoms. The van der Waals surface area contributed by atoms with Crippen molar-refractivity contribution in [3.05, 3.63) is 42.9 Å². The molecule has 0 aliphatic heterocycles. The fourth-order valence-electron chi connectivity index (χ4n) is 2.34. The van der Waals surface area contributed by atoms with Gasteiger partial charge in [-0.15, -0.1) is 0 Å². The zero-order chi connectivity index (χ0) is 17.0. The molecule has 8 heteroatoms. The first-order chi connectivity index (χ1) is 11.0. The van der Waals surface area contributed by atoms with Gasteiger partial charge in [-0.3, -0.25) is 19.8 Å². The first-order valence-electron chi connectivity index (χ1n) is 7.27. The number of nitrogens with one attached hydrogen (secondary N) is 1. The van der Waals surface area contributed by atoms with E-state index in [-0.39, 0.29) is 16.3 Å². The molecule has 0 aliphatic carbocycles. The van der Waals surface area contributed by atoms with Crippen molar-refractivity contribution in [2.24, 2.45) is 0 Å². The maximum absolute atomic E-state index is 11.8. The molecule has 0 fully saturated rings. The Labute approximate surface area is 137 Å². The molecule has 1 N–H and O–H groups in total. The fraction of sp³-hybridized carbons (Fsp3) is 0.400. The molecular formula is C15H19N3O4S. The minimum absolute atomic E-state index is 0.120. The molecule has 1 heterocycles. The number of methoxy groups -OCH3 is 1. The van der Waals surface area contributed by atoms with Gasteiger partial charge in [0, 0.05) is 23.1 Å². The molecule has 1 aromatic heterocycles. The lowest BCUT2D eigenvalue weighted by Crippen LogP contribution is -2.21. The number of benzene rings is 1. The predicted molar refractivity (Wildman–Crippen MR) is 90.2 cm³/mol. The molecule has 0 atom stereocenters. The van der Waals surface area contributed by atoms with Crippen LogP contribution in [0.15, 0.2) is 23.0 Å². The van der Waals surface area contributed by atoms with E-state index < -0.39 is 4.92 Å². The summed E-state index contributed by atoms with van der Waals surface area (Å²) in [7, 11) is 1.39. The summed E-state index contributed by atoms with van der Waals surface area (Å²) in [4.78, 5) is 28.1. The second-order valence-corrected chi connectivity index (χ2v) is 5.99. The number of nitrogens with zero attached hydrogens (tertiary/aromatic N) is 2. The summed E-state index contributed by atoms with van der Waals surface area (Å²) in [5.74, 6) is 0.196. The smallest absolute Gasteiger partial charge is 0.311 e. The van der Waals surface area contributed by atoms with Crippen LogP contribution in [0.25, 0.3) is 11.3 Å². The van der Waals surface area contributed by atoms with Crippen molar-refractivity contribution in [3.8, 4) is 17.0 Å². The highest BCUT2D eigenvalue weighted by molar-refractivity contribution is 7.09. The lowest BCUT2D eigenvalue weighted by molar-refractivity contribution is -0.385. The van der Waals surface area contributed by atoms with Gasteiger partial charge in [-0.25, -0.2) is 0 Å². The normalized spacial score (nSPS) is 11.0. The number of hydrogen-bond donors (Lipinski definition) is 1. The number of hydrogen-bond acceptors (Lipinski definition) is 6. The van der Waals surface area contributed by atoms with Crippen molar-refractivity contribution >= 4 is 17.0 Å². The van der Waals surface area contributed by atoms with Crippen LogP contribution in [0.4, 0.5) is 5.69 Å². The van der Waals surface area contributed by atoms with E-state index in [2.05, 4.69) is 23.7 Å². The average molecular weight is 337 g/mol. The molecule has 2 aromatic rings. The zero-order valence-corrected chi connectivity index (χ0v) is 14.1. The highest BCUT2D eigenvalue weighted by Crippen LogP contribution is 2.33. The van der Waals surface area contributed by atoms with Crippen molar-refractivity contribution in [3.63, 3.8) is 0 Å². The van der Waals surface area contributed by atoms with Crippen molar-refractivity contribution in [2.75, 3.05) is 20.2 Å². The van der Waals surface area contributed by atoms with Crippen LogP contribution in [0.5, 0.6) is 5.75 Å². The van der Waals surface area contributed by atoms with Crippen molar-refractivity contribution in [1.29, 1.82) is 0 Å². The van der Waals surface area contributed by atoms with Gasteiger partial charge in [0.1, 0.15) is 0 Å². The number of rotatable bonds is 7. The third-order valence-corrected chi connectivity index (χ3v) is 4.51. The maximum atomic E-state index is 11.8. The van der Waals surface area contributed by atoms with Gasteiger partial charge in [0.2, 0.25) is 0 Å². The summed E-state index contributed by atoms with van der Waals surface area (Å²) in [5.41, 5.74) is 1.13. The van der Waals surface area contributed by atoms with Crippen LogP contribution < -0.4 is 9.61 Å². The van der Waals surface area contributed by atoms with Gasteiger partial charge in [0.05, 0.1) is 17.7 Å². The number of ether oxygens (including phenoxy) is 1. The number of thiazole rings is 1. The number of aromatic nitrogens is 1. The van der Waals surface area contributed by atoms with E-state index in [0.717, 1.165) is 29.3 Å². The van der Waals surface area contributed by atoms with Crippen LogP contribution in [-0.4, -0.2) is 35.0 Å². The van der Waals surface area contributed by atoms with Crippen LogP contribution in [0.2, 0.25) is 0 Å².